The number of carbonyl (C=O) groups is 3. The number of ether oxygens (including phenoxy) is 2. The van der Waals surface area contributed by atoms with Crippen LogP contribution in [0.5, 0.6) is 0 Å². The molecular weight excluding hydrogens is 515 g/mol. The summed E-state index contributed by atoms with van der Waals surface area (Å²) >= 11 is 0. The molecule has 4 aliphatic rings. The maximum Gasteiger partial charge on any atom is 0.306 e. The summed E-state index contributed by atoms with van der Waals surface area (Å²) in [7, 11) is 0. The second-order valence-electron chi connectivity index (χ2n) is 12.9. The van der Waals surface area contributed by atoms with Crippen molar-refractivity contribution < 1.29 is 33.4 Å². The number of rotatable bonds is 7. The number of fused-ring (bicyclic) bond motifs is 6. The van der Waals surface area contributed by atoms with E-state index in [1.54, 1.807) is 13.8 Å². The third kappa shape index (κ3) is 3.71. The first-order chi connectivity index (χ1) is 18.8. The Morgan fingerprint density at radius 3 is 2.50 bits per heavy atom. The van der Waals surface area contributed by atoms with Crippen molar-refractivity contribution in [1.82, 2.24) is 9.78 Å². The van der Waals surface area contributed by atoms with Crippen LogP contribution in [0.25, 0.3) is 6.08 Å². The molecule has 40 heavy (non-hydrogen) atoms. The van der Waals surface area contributed by atoms with Gasteiger partial charge in [-0.2, -0.15) is 5.10 Å². The molecule has 0 spiro atoms. The number of aliphatic hydroxyl groups excluding tert-OH is 1. The molecule has 220 valence electrons. The first-order valence-electron chi connectivity index (χ1n) is 14.9. The maximum absolute atomic E-state index is 18.0. The highest BCUT2D eigenvalue weighted by Gasteiger charge is 2.77. The molecule has 8 nitrogen and oxygen atoms in total. The molecule has 1 N–H and O–H groups in total. The van der Waals surface area contributed by atoms with Crippen LogP contribution in [0.4, 0.5) is 4.39 Å². The topological polar surface area (TPSA) is 108 Å². The minimum Gasteiger partial charge on any atom is -0.457 e. The number of carbonyl (C=O) groups excluding carboxylic acids is 3. The summed E-state index contributed by atoms with van der Waals surface area (Å²) in [5, 5.41) is 16.5. The van der Waals surface area contributed by atoms with Crippen LogP contribution < -0.4 is 0 Å². The molecule has 1 aromatic rings. The van der Waals surface area contributed by atoms with Gasteiger partial charge in [0.05, 0.1) is 11.8 Å². The highest BCUT2D eigenvalue weighted by Crippen LogP contribution is 2.72. The van der Waals surface area contributed by atoms with Gasteiger partial charge in [0, 0.05) is 48.2 Å². The lowest BCUT2D eigenvalue weighted by Crippen LogP contribution is -2.70. The minimum absolute atomic E-state index is 0.0383. The van der Waals surface area contributed by atoms with E-state index in [1.807, 2.05) is 44.6 Å². The van der Waals surface area contributed by atoms with Crippen molar-refractivity contribution in [2.75, 3.05) is 6.61 Å². The Morgan fingerprint density at radius 1 is 1.15 bits per heavy atom. The molecule has 0 amide bonds. The number of alkyl halides is 1. The van der Waals surface area contributed by atoms with Gasteiger partial charge in [0.2, 0.25) is 5.78 Å². The summed E-state index contributed by atoms with van der Waals surface area (Å²) in [6, 6.07) is 0. The van der Waals surface area contributed by atoms with E-state index in [1.165, 1.54) is 0 Å². The summed E-state index contributed by atoms with van der Waals surface area (Å²) < 4.78 is 31.1. The number of nitrogens with zero attached hydrogens (tertiary/aromatic N) is 2. The van der Waals surface area contributed by atoms with Crippen LogP contribution in [-0.2, 0) is 36.8 Å². The van der Waals surface area contributed by atoms with E-state index in [0.717, 1.165) is 23.4 Å². The summed E-state index contributed by atoms with van der Waals surface area (Å²) in [5.41, 5.74) is -2.70. The van der Waals surface area contributed by atoms with Gasteiger partial charge < -0.3 is 14.6 Å². The first kappa shape index (κ1) is 29.0. The van der Waals surface area contributed by atoms with E-state index in [2.05, 4.69) is 5.10 Å². The van der Waals surface area contributed by atoms with Gasteiger partial charge in [0.15, 0.2) is 12.2 Å². The fourth-order valence-corrected chi connectivity index (χ4v) is 9.07. The standard InChI is InChI=1S/C31H43FN2O6/c1-7-26(37)39-17-25(36)31(40-27(38)8-2)18(4)12-22-21-11-10-20-13-23-19(16-34(9-3)33-23)14-28(20,5)30(21,32)24(35)15-29(22,31)6/h13,16,18,21-22,24,35H,7-12,14-15,17H2,1-6H3/t18-,21-,22-,24-,28-,29-,30-,31+/m0/s1. The van der Waals surface area contributed by atoms with Crippen molar-refractivity contribution in [3.8, 4) is 0 Å². The van der Waals surface area contributed by atoms with Crippen molar-refractivity contribution in [2.45, 2.75) is 110 Å². The Kier molecular flexibility index (Phi) is 7.08. The third-order valence-corrected chi connectivity index (χ3v) is 11.1. The molecule has 0 radical (unpaired) electrons. The average molecular weight is 559 g/mol. The molecule has 8 atom stereocenters. The quantitative estimate of drug-likeness (QED) is 0.487. The van der Waals surface area contributed by atoms with Gasteiger partial charge in [0.25, 0.3) is 0 Å². The van der Waals surface area contributed by atoms with Crippen LogP contribution in [0, 0.1) is 28.6 Å². The number of aliphatic hydroxyl groups is 1. The van der Waals surface area contributed by atoms with E-state index < -0.39 is 64.4 Å². The number of aryl methyl sites for hydroxylation is 1. The molecule has 0 aliphatic heterocycles. The average Bonchev–Trinajstić information content (AvgIpc) is 3.41. The van der Waals surface area contributed by atoms with Crippen molar-refractivity contribution in [1.29, 1.82) is 0 Å². The number of Topliss-reactive ketones (excluding diaryl/α,β-unsaturated/α-hetero) is 1. The highest BCUT2D eigenvalue weighted by molar-refractivity contribution is 5.93. The number of hydrogen-bond donors (Lipinski definition) is 1. The van der Waals surface area contributed by atoms with E-state index in [0.29, 0.717) is 25.7 Å². The molecule has 9 heteroatoms. The second kappa shape index (κ2) is 9.78. The second-order valence-corrected chi connectivity index (χ2v) is 12.9. The number of hydrogen-bond acceptors (Lipinski definition) is 7. The van der Waals surface area contributed by atoms with E-state index in [-0.39, 0.29) is 25.2 Å². The lowest BCUT2D eigenvalue weighted by atomic mass is 9.43. The fraction of sp³-hybridized carbons (Fsp3) is 0.742. The molecule has 1 heterocycles. The smallest absolute Gasteiger partial charge is 0.306 e. The number of halogens is 1. The van der Waals surface area contributed by atoms with Gasteiger partial charge in [-0.25, -0.2) is 4.39 Å². The highest BCUT2D eigenvalue weighted by atomic mass is 19.1. The Bertz CT molecular complexity index is 1260. The molecule has 1 aromatic heterocycles. The number of esters is 2. The summed E-state index contributed by atoms with van der Waals surface area (Å²) in [5.74, 6) is -2.85. The predicted molar refractivity (Wildman–Crippen MR) is 146 cm³/mol. The Balaban J connectivity index is 1.57. The maximum atomic E-state index is 18.0. The molecule has 0 bridgehead atoms. The van der Waals surface area contributed by atoms with Crippen LogP contribution in [0.3, 0.4) is 0 Å². The Morgan fingerprint density at radius 2 is 1.85 bits per heavy atom. The van der Waals surface area contributed by atoms with Gasteiger partial charge >= 0.3 is 11.9 Å². The van der Waals surface area contributed by atoms with Gasteiger partial charge in [0.1, 0.15) is 5.67 Å². The minimum atomic E-state index is -1.93. The van der Waals surface area contributed by atoms with Crippen LogP contribution in [-0.4, -0.2) is 56.6 Å². The van der Waals surface area contributed by atoms with Crippen LogP contribution >= 0.6 is 0 Å². The van der Waals surface area contributed by atoms with Gasteiger partial charge in [-0.1, -0.05) is 40.2 Å². The van der Waals surface area contributed by atoms with Gasteiger partial charge in [-0.05, 0) is 56.6 Å². The molecule has 5 rings (SSSR count). The van der Waals surface area contributed by atoms with Crippen LogP contribution in [0.2, 0.25) is 0 Å². The summed E-state index contributed by atoms with van der Waals surface area (Å²) in [6.45, 7) is 11.2. The largest absolute Gasteiger partial charge is 0.457 e. The van der Waals surface area contributed by atoms with Gasteiger partial charge in [-0.3, -0.25) is 19.1 Å². The van der Waals surface area contributed by atoms with Crippen molar-refractivity contribution in [2.24, 2.45) is 28.6 Å². The molecule has 4 aliphatic carbocycles. The van der Waals surface area contributed by atoms with E-state index >= 15 is 4.39 Å². The van der Waals surface area contributed by atoms with E-state index in [9.17, 15) is 19.5 Å². The fourth-order valence-electron chi connectivity index (χ4n) is 9.07. The predicted octanol–water partition coefficient (Wildman–Crippen LogP) is 4.61. The Labute approximate surface area is 235 Å². The lowest BCUT2D eigenvalue weighted by molar-refractivity contribution is -0.234. The molecule has 0 aromatic carbocycles. The number of aromatic nitrogens is 2. The number of ketones is 1. The van der Waals surface area contributed by atoms with Crippen molar-refractivity contribution in [3.05, 3.63) is 23.0 Å². The summed E-state index contributed by atoms with van der Waals surface area (Å²) in [6.07, 6.45) is 4.85. The monoisotopic (exact) mass is 558 g/mol. The Hall–Kier alpha value is -2.55. The zero-order chi connectivity index (χ0) is 29.3. The first-order valence-corrected chi connectivity index (χ1v) is 14.9. The van der Waals surface area contributed by atoms with Crippen molar-refractivity contribution >= 4 is 23.8 Å². The zero-order valence-electron chi connectivity index (χ0n) is 24.6. The normalized spacial score (nSPS) is 39.8. The summed E-state index contributed by atoms with van der Waals surface area (Å²) in [4.78, 5) is 38.7. The molecule has 3 fully saturated rings. The molecule has 0 unspecified atom stereocenters. The zero-order valence-corrected chi connectivity index (χ0v) is 24.6. The van der Waals surface area contributed by atoms with E-state index in [4.69, 9.17) is 9.47 Å². The molecule has 3 saturated carbocycles. The number of allylic oxidation sites excluding steroid dienone is 1. The lowest BCUT2D eigenvalue weighted by Gasteiger charge is -2.63. The van der Waals surface area contributed by atoms with Crippen LogP contribution in [0.1, 0.15) is 91.3 Å². The molecule has 0 saturated heterocycles. The van der Waals surface area contributed by atoms with Crippen LogP contribution in [0.15, 0.2) is 11.8 Å². The third-order valence-electron chi connectivity index (χ3n) is 11.1. The van der Waals surface area contributed by atoms with Crippen molar-refractivity contribution in [3.63, 3.8) is 0 Å². The molecular formula is C31H43FN2O6. The van der Waals surface area contributed by atoms with Gasteiger partial charge in [-0.15, -0.1) is 0 Å². The SMILES string of the molecule is CCC(=O)OCC(=O)[C@]1(OC(=O)CC)[C@@H](C)C[C@H]2[C@@H]3CCC4=Cc5nn(CC)cc5C[C@]4(C)[C@@]3(F)[C@@H](O)C[C@@]21C.